The number of likely N-dealkylation sites (N-methyl/N-ethyl adjacent to an activating group) is 2. The molecule has 0 aliphatic carbocycles. The van der Waals surface area contributed by atoms with Gasteiger partial charge in [-0.05, 0) is 30.7 Å². The lowest BCUT2D eigenvalue weighted by Gasteiger charge is -2.25. The average Bonchev–Trinajstić information content (AvgIpc) is 3.00. The van der Waals surface area contributed by atoms with Crippen LogP contribution in [0.3, 0.4) is 0 Å². The minimum Gasteiger partial charge on any atom is -0.347 e. The third-order valence-corrected chi connectivity index (χ3v) is 4.72. The molecule has 0 bridgehead atoms. The second-order valence-corrected chi connectivity index (χ2v) is 6.30. The Kier molecular flexibility index (Phi) is 3.80. The summed E-state index contributed by atoms with van der Waals surface area (Å²) >= 11 is 0. The molecule has 1 saturated heterocycles. The standard InChI is InChI=1S/C19H19N5O/c1-23-12-9-16(19(23)25)24(2)18-14-5-3-4-6-15(14)21-17(22-18)13-7-10-20-11-8-13/h3-8,10-11,16H,9,12H2,1-2H3/t16-/m0/s1. The zero-order valence-electron chi connectivity index (χ0n) is 14.3. The first-order valence-corrected chi connectivity index (χ1v) is 8.30. The first-order valence-electron chi connectivity index (χ1n) is 8.30. The summed E-state index contributed by atoms with van der Waals surface area (Å²) in [6.45, 7) is 0.772. The fourth-order valence-corrected chi connectivity index (χ4v) is 3.27. The van der Waals surface area contributed by atoms with Crippen LogP contribution < -0.4 is 4.90 Å². The van der Waals surface area contributed by atoms with Crippen LogP contribution in [0.15, 0.2) is 48.8 Å². The Balaban J connectivity index is 1.86. The van der Waals surface area contributed by atoms with Crippen molar-refractivity contribution < 1.29 is 4.79 Å². The molecule has 6 heteroatoms. The van der Waals surface area contributed by atoms with E-state index in [2.05, 4.69) is 9.97 Å². The number of nitrogens with zero attached hydrogens (tertiary/aromatic N) is 5. The maximum Gasteiger partial charge on any atom is 0.245 e. The first kappa shape index (κ1) is 15.5. The van der Waals surface area contributed by atoms with Crippen LogP contribution in [0.5, 0.6) is 0 Å². The molecule has 0 unspecified atom stereocenters. The van der Waals surface area contributed by atoms with Crippen molar-refractivity contribution in [2.24, 2.45) is 0 Å². The zero-order valence-corrected chi connectivity index (χ0v) is 14.3. The van der Waals surface area contributed by atoms with Crippen molar-refractivity contribution >= 4 is 22.6 Å². The smallest absolute Gasteiger partial charge is 0.245 e. The van der Waals surface area contributed by atoms with Gasteiger partial charge in [-0.2, -0.15) is 0 Å². The predicted octanol–water partition coefficient (Wildman–Crippen LogP) is 2.36. The van der Waals surface area contributed by atoms with Crippen LogP contribution in [0.4, 0.5) is 5.82 Å². The number of pyridine rings is 1. The highest BCUT2D eigenvalue weighted by Crippen LogP contribution is 2.29. The summed E-state index contributed by atoms with van der Waals surface area (Å²) in [7, 11) is 3.78. The molecule has 0 spiro atoms. The summed E-state index contributed by atoms with van der Waals surface area (Å²) in [6.07, 6.45) is 4.26. The number of hydrogen-bond donors (Lipinski definition) is 0. The zero-order chi connectivity index (χ0) is 17.4. The van der Waals surface area contributed by atoms with Gasteiger partial charge in [-0.15, -0.1) is 0 Å². The van der Waals surface area contributed by atoms with Gasteiger partial charge in [0.2, 0.25) is 5.91 Å². The number of amides is 1. The number of para-hydroxylation sites is 1. The number of anilines is 1. The Morgan fingerprint density at radius 1 is 1.12 bits per heavy atom. The van der Waals surface area contributed by atoms with E-state index in [9.17, 15) is 4.79 Å². The van der Waals surface area contributed by atoms with Crippen molar-refractivity contribution in [3.63, 3.8) is 0 Å². The topological polar surface area (TPSA) is 62.2 Å². The van der Waals surface area contributed by atoms with E-state index in [4.69, 9.17) is 4.98 Å². The molecule has 1 aliphatic rings. The Bertz CT molecular complexity index is 928. The number of likely N-dealkylation sites (tertiary alicyclic amines) is 1. The van der Waals surface area contributed by atoms with Crippen molar-refractivity contribution in [3.8, 4) is 11.4 Å². The molecule has 0 radical (unpaired) electrons. The van der Waals surface area contributed by atoms with E-state index in [1.165, 1.54) is 0 Å². The average molecular weight is 333 g/mol. The minimum atomic E-state index is -0.186. The molecule has 4 rings (SSSR count). The van der Waals surface area contributed by atoms with Gasteiger partial charge in [-0.25, -0.2) is 9.97 Å². The maximum atomic E-state index is 12.4. The van der Waals surface area contributed by atoms with Crippen molar-refractivity contribution in [3.05, 3.63) is 48.8 Å². The Labute approximate surface area is 146 Å². The molecule has 3 heterocycles. The maximum absolute atomic E-state index is 12.4. The molecule has 1 amide bonds. The van der Waals surface area contributed by atoms with Gasteiger partial charge in [0.1, 0.15) is 11.9 Å². The van der Waals surface area contributed by atoms with Crippen LogP contribution >= 0.6 is 0 Å². The number of rotatable bonds is 3. The van der Waals surface area contributed by atoms with E-state index in [0.717, 1.165) is 35.2 Å². The van der Waals surface area contributed by atoms with Crippen LogP contribution in [0.1, 0.15) is 6.42 Å². The van der Waals surface area contributed by atoms with Crippen molar-refractivity contribution in [2.45, 2.75) is 12.5 Å². The van der Waals surface area contributed by atoms with Crippen LogP contribution in [0.2, 0.25) is 0 Å². The number of hydrogen-bond acceptors (Lipinski definition) is 5. The van der Waals surface area contributed by atoms with E-state index in [1.807, 2.05) is 55.4 Å². The number of fused-ring (bicyclic) bond motifs is 1. The van der Waals surface area contributed by atoms with Gasteiger partial charge < -0.3 is 9.80 Å². The molecule has 0 N–H and O–H groups in total. The Morgan fingerprint density at radius 2 is 1.88 bits per heavy atom. The highest BCUT2D eigenvalue weighted by atomic mass is 16.2. The summed E-state index contributed by atoms with van der Waals surface area (Å²) in [5.74, 6) is 1.56. The third kappa shape index (κ3) is 2.69. The van der Waals surface area contributed by atoms with Gasteiger partial charge in [-0.1, -0.05) is 12.1 Å². The molecule has 6 nitrogen and oxygen atoms in total. The molecule has 1 aromatic carbocycles. The molecular weight excluding hydrogens is 314 g/mol. The second kappa shape index (κ2) is 6.12. The molecule has 25 heavy (non-hydrogen) atoms. The van der Waals surface area contributed by atoms with E-state index in [1.54, 1.807) is 17.3 Å². The van der Waals surface area contributed by atoms with E-state index < -0.39 is 0 Å². The van der Waals surface area contributed by atoms with E-state index in [0.29, 0.717) is 5.82 Å². The normalized spacial score (nSPS) is 17.3. The number of carbonyl (C=O) groups excluding carboxylic acids is 1. The van der Waals surface area contributed by atoms with Gasteiger partial charge in [-0.3, -0.25) is 9.78 Å². The lowest BCUT2D eigenvalue weighted by atomic mass is 10.1. The first-order chi connectivity index (χ1) is 12.1. The quantitative estimate of drug-likeness (QED) is 0.736. The summed E-state index contributed by atoms with van der Waals surface area (Å²) in [4.78, 5) is 29.7. The molecule has 2 aromatic heterocycles. The fraction of sp³-hybridized carbons (Fsp3) is 0.263. The van der Waals surface area contributed by atoms with Gasteiger partial charge in [0.25, 0.3) is 0 Å². The van der Waals surface area contributed by atoms with Gasteiger partial charge >= 0.3 is 0 Å². The lowest BCUT2D eigenvalue weighted by Crippen LogP contribution is -2.39. The monoisotopic (exact) mass is 333 g/mol. The second-order valence-electron chi connectivity index (χ2n) is 6.30. The molecule has 1 atom stereocenters. The summed E-state index contributed by atoms with van der Waals surface area (Å²) in [6, 6.07) is 11.5. The predicted molar refractivity (Wildman–Crippen MR) is 97.2 cm³/mol. The molecule has 0 saturated carbocycles. The number of benzene rings is 1. The number of carbonyl (C=O) groups is 1. The molecule has 1 aliphatic heterocycles. The summed E-state index contributed by atoms with van der Waals surface area (Å²) in [5.41, 5.74) is 1.77. The SMILES string of the molecule is CN1CC[C@H](N(C)c2nc(-c3ccncc3)nc3ccccc23)C1=O. The molecule has 1 fully saturated rings. The lowest BCUT2D eigenvalue weighted by molar-refractivity contribution is -0.127. The van der Waals surface area contributed by atoms with Crippen LogP contribution in [0, 0.1) is 0 Å². The highest BCUT2D eigenvalue weighted by molar-refractivity contribution is 5.94. The van der Waals surface area contributed by atoms with Crippen LogP contribution in [-0.2, 0) is 4.79 Å². The van der Waals surface area contributed by atoms with Crippen LogP contribution in [-0.4, -0.2) is 52.4 Å². The van der Waals surface area contributed by atoms with Crippen molar-refractivity contribution in [1.29, 1.82) is 0 Å². The number of aromatic nitrogens is 3. The van der Waals surface area contributed by atoms with E-state index in [-0.39, 0.29) is 11.9 Å². The fourth-order valence-electron chi connectivity index (χ4n) is 3.27. The Morgan fingerprint density at radius 3 is 2.60 bits per heavy atom. The third-order valence-electron chi connectivity index (χ3n) is 4.72. The van der Waals surface area contributed by atoms with Crippen molar-refractivity contribution in [2.75, 3.05) is 25.5 Å². The minimum absolute atomic E-state index is 0.135. The molecule has 126 valence electrons. The van der Waals surface area contributed by atoms with Crippen molar-refractivity contribution in [1.82, 2.24) is 19.9 Å². The Hall–Kier alpha value is -3.02. The molecular formula is C19H19N5O. The van der Waals surface area contributed by atoms with Gasteiger partial charge in [0, 0.05) is 44.0 Å². The van der Waals surface area contributed by atoms with Gasteiger partial charge in [0.15, 0.2) is 5.82 Å². The van der Waals surface area contributed by atoms with Crippen LogP contribution in [0.25, 0.3) is 22.3 Å². The summed E-state index contributed by atoms with van der Waals surface area (Å²) in [5, 5.41) is 0.949. The van der Waals surface area contributed by atoms with E-state index >= 15 is 0 Å². The largest absolute Gasteiger partial charge is 0.347 e. The van der Waals surface area contributed by atoms with Gasteiger partial charge in [0.05, 0.1) is 5.52 Å². The molecule has 3 aromatic rings. The summed E-state index contributed by atoms with van der Waals surface area (Å²) < 4.78 is 0. The highest BCUT2D eigenvalue weighted by Gasteiger charge is 2.33.